The van der Waals surface area contributed by atoms with Gasteiger partial charge in [-0.1, -0.05) is 96.1 Å². The van der Waals surface area contributed by atoms with Gasteiger partial charge in [-0.3, -0.25) is 14.7 Å². The third-order valence-electron chi connectivity index (χ3n) is 10.4. The minimum atomic E-state index is 0.725. The lowest BCUT2D eigenvalue weighted by Gasteiger charge is -2.31. The molecular formula is C50H53N7. The molecule has 4 heterocycles. The minimum absolute atomic E-state index is 0.725. The summed E-state index contributed by atoms with van der Waals surface area (Å²) in [6.07, 6.45) is 5.19. The van der Waals surface area contributed by atoms with Gasteiger partial charge in [-0.2, -0.15) is 0 Å². The largest absolute Gasteiger partial charge is 0.295 e. The van der Waals surface area contributed by atoms with Gasteiger partial charge in [-0.05, 0) is 128 Å². The summed E-state index contributed by atoms with van der Waals surface area (Å²) in [5, 5.41) is 0. The van der Waals surface area contributed by atoms with Crippen LogP contribution in [0.3, 0.4) is 0 Å². The van der Waals surface area contributed by atoms with E-state index in [1.54, 1.807) is 0 Å². The maximum absolute atomic E-state index is 5.62. The highest BCUT2D eigenvalue weighted by Gasteiger charge is 2.25. The maximum atomic E-state index is 5.62. The van der Waals surface area contributed by atoms with Gasteiger partial charge in [0.1, 0.15) is 29.1 Å². The van der Waals surface area contributed by atoms with Crippen LogP contribution in [0.15, 0.2) is 140 Å². The van der Waals surface area contributed by atoms with Crippen molar-refractivity contribution < 1.29 is 0 Å². The van der Waals surface area contributed by atoms with Crippen LogP contribution in [0, 0.1) is 0 Å². The van der Waals surface area contributed by atoms with E-state index >= 15 is 0 Å². The zero-order chi connectivity index (χ0) is 39.7. The first kappa shape index (κ1) is 38.9. The third-order valence-corrected chi connectivity index (χ3v) is 10.4. The van der Waals surface area contributed by atoms with E-state index in [4.69, 9.17) is 19.9 Å². The highest BCUT2D eigenvalue weighted by molar-refractivity contribution is 5.84. The van der Waals surface area contributed by atoms with Gasteiger partial charge in [-0.15, -0.1) is 0 Å². The summed E-state index contributed by atoms with van der Waals surface area (Å²) >= 11 is 0. The molecule has 57 heavy (non-hydrogen) atoms. The molecule has 7 nitrogen and oxygen atoms in total. The Hall–Kier alpha value is -6.34. The average molecular weight is 752 g/mol. The lowest BCUT2D eigenvalue weighted by molar-refractivity contribution is 0.996. The third kappa shape index (κ3) is 8.73. The summed E-state index contributed by atoms with van der Waals surface area (Å²) in [4.78, 5) is 27.9. The van der Waals surface area contributed by atoms with Crippen LogP contribution in [-0.2, 0) is 38.5 Å². The molecule has 0 spiro atoms. The van der Waals surface area contributed by atoms with Gasteiger partial charge in [0.15, 0.2) is 0 Å². The van der Waals surface area contributed by atoms with Crippen molar-refractivity contribution in [1.82, 2.24) is 19.9 Å². The topological polar surface area (TPSA) is 61.3 Å². The quantitative estimate of drug-likeness (QED) is 0.103. The van der Waals surface area contributed by atoms with E-state index in [0.717, 1.165) is 107 Å². The molecule has 3 aromatic carbocycles. The number of hydrogen-bond acceptors (Lipinski definition) is 7. The van der Waals surface area contributed by atoms with Gasteiger partial charge in [0.25, 0.3) is 0 Å². The van der Waals surface area contributed by atoms with Crippen molar-refractivity contribution >= 4 is 51.8 Å². The van der Waals surface area contributed by atoms with Gasteiger partial charge in [0.05, 0.1) is 5.69 Å². The normalized spacial score (nSPS) is 11.1. The van der Waals surface area contributed by atoms with E-state index in [2.05, 4.69) is 196 Å². The summed E-state index contributed by atoms with van der Waals surface area (Å²) in [6.45, 7) is 13.0. The van der Waals surface area contributed by atoms with E-state index in [9.17, 15) is 0 Å². The molecule has 288 valence electrons. The number of nitrogens with zero attached hydrogens (tertiary/aromatic N) is 7. The van der Waals surface area contributed by atoms with Crippen molar-refractivity contribution in [2.45, 2.75) is 80.1 Å². The minimum Gasteiger partial charge on any atom is -0.295 e. The first-order valence-corrected chi connectivity index (χ1v) is 20.5. The monoisotopic (exact) mass is 751 g/mol. The van der Waals surface area contributed by atoms with Crippen LogP contribution in [0.25, 0.3) is 0 Å². The molecule has 0 fully saturated rings. The summed E-state index contributed by atoms with van der Waals surface area (Å²) in [5.74, 6) is 3.89. The van der Waals surface area contributed by atoms with Crippen LogP contribution in [0.4, 0.5) is 51.8 Å². The number of aryl methyl sites for hydroxylation is 6. The Bertz CT molecular complexity index is 2020. The zero-order valence-corrected chi connectivity index (χ0v) is 34.2. The molecule has 7 aromatic rings. The molecule has 0 aliphatic carbocycles. The fourth-order valence-electron chi connectivity index (χ4n) is 7.14. The van der Waals surface area contributed by atoms with Crippen molar-refractivity contribution in [3.63, 3.8) is 0 Å². The Kier molecular flexibility index (Phi) is 12.3. The van der Waals surface area contributed by atoms with E-state index in [1.807, 2.05) is 0 Å². The predicted molar refractivity (Wildman–Crippen MR) is 238 cm³/mol. The first-order chi connectivity index (χ1) is 27.9. The number of pyridine rings is 4. The standard InChI is InChI=1S/C50H53N7/c1-7-36-19-13-25-42(31-36)55(46-28-16-22-39(10-4)51-46)45-34-49(56(43-26-14-20-37(8-2)32-43)47-29-17-23-40(11-5)52-47)54-50(35-45)57(44-27-15-21-38(9-3)33-44)48-30-18-24-41(12-6)53-48/h13-35H,7-12H2,1-6H3. The van der Waals surface area contributed by atoms with Gasteiger partial charge < -0.3 is 0 Å². The smallest absolute Gasteiger partial charge is 0.143 e. The number of aromatic nitrogens is 4. The second kappa shape index (κ2) is 18.1. The van der Waals surface area contributed by atoms with Crippen LogP contribution in [0.5, 0.6) is 0 Å². The number of hydrogen-bond donors (Lipinski definition) is 0. The average Bonchev–Trinajstić information content (AvgIpc) is 3.27. The molecule has 0 radical (unpaired) electrons. The molecule has 0 aliphatic heterocycles. The molecule has 7 heteroatoms. The lowest BCUT2D eigenvalue weighted by atomic mass is 10.1. The Morgan fingerprint density at radius 1 is 0.298 bits per heavy atom. The summed E-state index contributed by atoms with van der Waals surface area (Å²) < 4.78 is 0. The Balaban J connectivity index is 1.59. The lowest BCUT2D eigenvalue weighted by Crippen LogP contribution is -2.20. The van der Waals surface area contributed by atoms with E-state index in [1.165, 1.54) is 16.7 Å². The number of rotatable bonds is 15. The number of anilines is 9. The van der Waals surface area contributed by atoms with Crippen LogP contribution >= 0.6 is 0 Å². The second-order valence-electron chi connectivity index (χ2n) is 14.1. The van der Waals surface area contributed by atoms with Crippen molar-refractivity contribution in [3.8, 4) is 0 Å². The van der Waals surface area contributed by atoms with Crippen LogP contribution in [-0.4, -0.2) is 19.9 Å². The molecule has 0 bridgehead atoms. The highest BCUT2D eigenvalue weighted by atomic mass is 15.3. The molecule has 4 aromatic heterocycles. The molecule has 0 aliphatic rings. The van der Waals surface area contributed by atoms with Crippen molar-refractivity contribution in [2.75, 3.05) is 14.7 Å². The van der Waals surface area contributed by atoms with Crippen LogP contribution in [0.2, 0.25) is 0 Å². The Morgan fingerprint density at radius 3 is 0.982 bits per heavy atom. The fourth-order valence-corrected chi connectivity index (χ4v) is 7.14. The fraction of sp³-hybridized carbons (Fsp3) is 0.240. The predicted octanol–water partition coefficient (Wildman–Crippen LogP) is 13.1. The van der Waals surface area contributed by atoms with Gasteiger partial charge in [-0.25, -0.2) is 19.9 Å². The molecule has 0 amide bonds. The molecule has 0 unspecified atom stereocenters. The Morgan fingerprint density at radius 2 is 0.632 bits per heavy atom. The Labute approximate surface area is 338 Å². The maximum Gasteiger partial charge on any atom is 0.143 e. The highest BCUT2D eigenvalue weighted by Crippen LogP contribution is 2.43. The SMILES string of the molecule is CCc1cccc(N(c2cc(N(c3cccc(CC)c3)c3cccc(CC)n3)nc(N(c3cccc(CC)c3)c3cccc(CC)n3)c2)c2cccc(CC)n2)c1. The summed E-state index contributed by atoms with van der Waals surface area (Å²) in [7, 11) is 0. The van der Waals surface area contributed by atoms with Crippen LogP contribution in [0.1, 0.15) is 75.3 Å². The van der Waals surface area contributed by atoms with Gasteiger partial charge >= 0.3 is 0 Å². The summed E-state index contributed by atoms with van der Waals surface area (Å²) in [5.41, 5.74) is 10.7. The molecular weight excluding hydrogens is 699 g/mol. The molecule has 0 saturated carbocycles. The van der Waals surface area contributed by atoms with Crippen molar-refractivity contribution in [2.24, 2.45) is 0 Å². The van der Waals surface area contributed by atoms with Crippen LogP contribution < -0.4 is 14.7 Å². The molecule has 0 saturated heterocycles. The molecule has 0 N–H and O–H groups in total. The summed E-state index contributed by atoms with van der Waals surface area (Å²) in [6, 6.07) is 49.3. The second-order valence-corrected chi connectivity index (χ2v) is 14.1. The van der Waals surface area contributed by atoms with Crippen molar-refractivity contribution in [3.05, 3.63) is 173 Å². The molecule has 7 rings (SSSR count). The van der Waals surface area contributed by atoms with Crippen molar-refractivity contribution in [1.29, 1.82) is 0 Å². The van der Waals surface area contributed by atoms with E-state index in [0.29, 0.717) is 0 Å². The van der Waals surface area contributed by atoms with E-state index in [-0.39, 0.29) is 0 Å². The van der Waals surface area contributed by atoms with E-state index < -0.39 is 0 Å². The number of benzene rings is 3. The van der Waals surface area contributed by atoms with Gasteiger partial charge in [0, 0.05) is 46.3 Å². The van der Waals surface area contributed by atoms with Gasteiger partial charge in [0.2, 0.25) is 0 Å². The molecule has 0 atom stereocenters. The first-order valence-electron chi connectivity index (χ1n) is 20.5. The zero-order valence-electron chi connectivity index (χ0n) is 34.2.